The summed E-state index contributed by atoms with van der Waals surface area (Å²) in [6.45, 7) is 15.4. The van der Waals surface area contributed by atoms with Crippen molar-refractivity contribution in [2.45, 2.75) is 46.6 Å². The molecule has 19 heavy (non-hydrogen) atoms. The first-order valence-corrected chi connectivity index (χ1v) is 7.95. The van der Waals surface area contributed by atoms with Crippen LogP contribution in [0.15, 0.2) is 0 Å². The fraction of sp³-hybridized carbons (Fsp3) is 1.00. The molecule has 0 radical (unpaired) electrons. The van der Waals surface area contributed by atoms with Crippen LogP contribution < -0.4 is 5.32 Å². The van der Waals surface area contributed by atoms with Crippen LogP contribution in [0.3, 0.4) is 0 Å². The molecule has 0 saturated carbocycles. The van der Waals surface area contributed by atoms with Crippen molar-refractivity contribution in [2.75, 3.05) is 46.8 Å². The third-order valence-electron chi connectivity index (χ3n) is 4.64. The van der Waals surface area contributed by atoms with Crippen molar-refractivity contribution in [3.8, 4) is 0 Å². The van der Waals surface area contributed by atoms with Gasteiger partial charge in [0.2, 0.25) is 0 Å². The predicted octanol–water partition coefficient (Wildman–Crippen LogP) is 2.28. The fourth-order valence-corrected chi connectivity index (χ4v) is 3.14. The first-order chi connectivity index (χ1) is 8.85. The molecule has 0 aromatic carbocycles. The largest absolute Gasteiger partial charge is 0.314 e. The molecule has 0 aromatic rings. The second-order valence-corrected chi connectivity index (χ2v) is 7.25. The fourth-order valence-electron chi connectivity index (χ4n) is 3.14. The number of rotatable bonds is 7. The number of hydrogen-bond acceptors (Lipinski definition) is 3. The van der Waals surface area contributed by atoms with E-state index in [0.717, 1.165) is 12.5 Å². The minimum atomic E-state index is 0.352. The average Bonchev–Trinajstić information content (AvgIpc) is 2.31. The molecule has 1 atom stereocenters. The monoisotopic (exact) mass is 269 g/mol. The zero-order chi connectivity index (χ0) is 14.5. The van der Waals surface area contributed by atoms with Crippen LogP contribution >= 0.6 is 0 Å². The van der Waals surface area contributed by atoms with Gasteiger partial charge in [-0.15, -0.1) is 0 Å². The number of piperidine rings is 1. The van der Waals surface area contributed by atoms with E-state index in [2.05, 4.69) is 56.9 Å². The lowest BCUT2D eigenvalue weighted by molar-refractivity contribution is 0.1000. The number of hydrogen-bond donors (Lipinski definition) is 1. The molecule has 0 aromatic heterocycles. The maximum absolute atomic E-state index is 3.58. The van der Waals surface area contributed by atoms with E-state index in [9.17, 15) is 0 Å². The lowest BCUT2D eigenvalue weighted by Gasteiger charge is -2.40. The van der Waals surface area contributed by atoms with Crippen molar-refractivity contribution < 1.29 is 0 Å². The molecule has 3 heteroatoms. The van der Waals surface area contributed by atoms with E-state index in [1.807, 2.05) is 0 Å². The van der Waals surface area contributed by atoms with Crippen molar-refractivity contribution in [1.82, 2.24) is 15.1 Å². The Morgan fingerprint density at radius 3 is 2.32 bits per heavy atom. The van der Waals surface area contributed by atoms with Gasteiger partial charge in [-0.1, -0.05) is 20.8 Å². The molecule has 1 unspecified atom stereocenters. The average molecular weight is 269 g/mol. The molecule has 0 aliphatic carbocycles. The zero-order valence-corrected chi connectivity index (χ0v) is 14.0. The third kappa shape index (κ3) is 5.80. The van der Waals surface area contributed by atoms with Crippen LogP contribution in [-0.2, 0) is 0 Å². The first kappa shape index (κ1) is 16.9. The molecule has 1 heterocycles. The molecular weight excluding hydrogens is 234 g/mol. The summed E-state index contributed by atoms with van der Waals surface area (Å²) in [6.07, 6.45) is 2.73. The molecule has 0 amide bonds. The van der Waals surface area contributed by atoms with Crippen molar-refractivity contribution in [2.24, 2.45) is 11.3 Å². The Labute approximate surface area is 120 Å². The molecule has 1 aliphatic heterocycles. The molecule has 1 saturated heterocycles. The minimum absolute atomic E-state index is 0.352. The van der Waals surface area contributed by atoms with Gasteiger partial charge in [-0.05, 0) is 64.8 Å². The SMILES string of the molecule is CCNC(C)C(C)(C)CN1CCC(CN(C)C)CC1. The van der Waals surface area contributed by atoms with Crippen LogP contribution in [0.1, 0.15) is 40.5 Å². The molecule has 0 bridgehead atoms. The van der Waals surface area contributed by atoms with Gasteiger partial charge in [-0.2, -0.15) is 0 Å². The molecular formula is C16H35N3. The summed E-state index contributed by atoms with van der Waals surface area (Å²) >= 11 is 0. The lowest BCUT2D eigenvalue weighted by Crippen LogP contribution is -2.49. The normalized spacial score (nSPS) is 21.0. The Bertz CT molecular complexity index is 242. The van der Waals surface area contributed by atoms with E-state index in [0.29, 0.717) is 11.5 Å². The Hall–Kier alpha value is -0.120. The molecule has 1 aliphatic rings. The summed E-state index contributed by atoms with van der Waals surface area (Å²) in [5.41, 5.74) is 0.352. The van der Waals surface area contributed by atoms with E-state index in [-0.39, 0.29) is 0 Å². The summed E-state index contributed by atoms with van der Waals surface area (Å²) in [5.74, 6) is 0.903. The Morgan fingerprint density at radius 1 is 1.26 bits per heavy atom. The highest BCUT2D eigenvalue weighted by molar-refractivity contribution is 4.85. The van der Waals surface area contributed by atoms with E-state index in [1.54, 1.807) is 0 Å². The van der Waals surface area contributed by atoms with Crippen LogP contribution in [0, 0.1) is 11.3 Å². The van der Waals surface area contributed by atoms with Gasteiger partial charge in [0.15, 0.2) is 0 Å². The highest BCUT2D eigenvalue weighted by Gasteiger charge is 2.29. The second-order valence-electron chi connectivity index (χ2n) is 7.25. The van der Waals surface area contributed by atoms with Crippen LogP contribution in [-0.4, -0.2) is 62.7 Å². The molecule has 114 valence electrons. The topological polar surface area (TPSA) is 18.5 Å². The van der Waals surface area contributed by atoms with Crippen molar-refractivity contribution in [3.05, 3.63) is 0 Å². The standard InChI is InChI=1S/C16H35N3/c1-7-17-14(2)16(3,4)13-19-10-8-15(9-11-19)12-18(5)6/h14-15,17H,7-13H2,1-6H3. The summed E-state index contributed by atoms with van der Waals surface area (Å²) in [5, 5.41) is 3.58. The molecule has 1 fully saturated rings. The van der Waals surface area contributed by atoms with Crippen LogP contribution in [0.25, 0.3) is 0 Å². The Kier molecular flexibility index (Phi) is 6.78. The van der Waals surface area contributed by atoms with Crippen LogP contribution in [0.2, 0.25) is 0 Å². The molecule has 1 rings (SSSR count). The van der Waals surface area contributed by atoms with Gasteiger partial charge in [0, 0.05) is 19.1 Å². The van der Waals surface area contributed by atoms with Crippen molar-refractivity contribution in [3.63, 3.8) is 0 Å². The van der Waals surface area contributed by atoms with Gasteiger partial charge in [0.25, 0.3) is 0 Å². The summed E-state index contributed by atoms with van der Waals surface area (Å²) in [6, 6.07) is 0.581. The van der Waals surface area contributed by atoms with Gasteiger partial charge in [0.05, 0.1) is 0 Å². The summed E-state index contributed by atoms with van der Waals surface area (Å²) in [7, 11) is 4.38. The molecule has 0 spiro atoms. The Balaban J connectivity index is 2.35. The summed E-state index contributed by atoms with van der Waals surface area (Å²) < 4.78 is 0. The second kappa shape index (κ2) is 7.61. The Morgan fingerprint density at radius 2 is 1.84 bits per heavy atom. The van der Waals surface area contributed by atoms with Gasteiger partial charge in [0.1, 0.15) is 0 Å². The van der Waals surface area contributed by atoms with E-state index >= 15 is 0 Å². The van der Waals surface area contributed by atoms with E-state index < -0.39 is 0 Å². The quantitative estimate of drug-likeness (QED) is 0.765. The molecule has 3 nitrogen and oxygen atoms in total. The van der Waals surface area contributed by atoms with Crippen LogP contribution in [0.5, 0.6) is 0 Å². The lowest BCUT2D eigenvalue weighted by atomic mass is 9.83. The minimum Gasteiger partial charge on any atom is -0.314 e. The van der Waals surface area contributed by atoms with E-state index in [1.165, 1.54) is 39.0 Å². The smallest absolute Gasteiger partial charge is 0.0102 e. The van der Waals surface area contributed by atoms with Crippen molar-refractivity contribution in [1.29, 1.82) is 0 Å². The third-order valence-corrected chi connectivity index (χ3v) is 4.64. The van der Waals surface area contributed by atoms with Crippen molar-refractivity contribution >= 4 is 0 Å². The summed E-state index contributed by atoms with van der Waals surface area (Å²) in [4.78, 5) is 5.00. The number of nitrogens with one attached hydrogen (secondary N) is 1. The molecule has 1 N–H and O–H groups in total. The van der Waals surface area contributed by atoms with E-state index in [4.69, 9.17) is 0 Å². The van der Waals surface area contributed by atoms with Gasteiger partial charge in [-0.25, -0.2) is 0 Å². The highest BCUT2D eigenvalue weighted by atomic mass is 15.1. The van der Waals surface area contributed by atoms with Gasteiger partial charge in [-0.3, -0.25) is 0 Å². The number of likely N-dealkylation sites (tertiary alicyclic amines) is 1. The maximum Gasteiger partial charge on any atom is 0.0102 e. The van der Waals surface area contributed by atoms with Gasteiger partial charge < -0.3 is 15.1 Å². The van der Waals surface area contributed by atoms with Crippen LogP contribution in [0.4, 0.5) is 0 Å². The zero-order valence-electron chi connectivity index (χ0n) is 14.0. The first-order valence-electron chi connectivity index (χ1n) is 7.95. The highest BCUT2D eigenvalue weighted by Crippen LogP contribution is 2.25. The maximum atomic E-state index is 3.58. The number of nitrogens with zero attached hydrogens (tertiary/aromatic N) is 2. The predicted molar refractivity (Wildman–Crippen MR) is 84.6 cm³/mol. The van der Waals surface area contributed by atoms with Gasteiger partial charge >= 0.3 is 0 Å².